The van der Waals surface area contributed by atoms with Crippen LogP contribution in [0.2, 0.25) is 0 Å². The molecule has 8 rings (SSSR count). The van der Waals surface area contributed by atoms with E-state index in [1.54, 1.807) is 0 Å². The first-order chi connectivity index (χ1) is 19.8. The number of rotatable bonds is 3. The molecule has 6 nitrogen and oxygen atoms in total. The third-order valence-corrected chi connectivity index (χ3v) is 7.95. The molecule has 2 N–H and O–H groups in total. The highest BCUT2D eigenvalue weighted by Gasteiger charge is 2.36. The standard InChI is InChI=1S/C34H28N6/c1-3-13-23(14-4-1)31-36-32(24-15-5-2-6-16-24)38-34(37-31)40-27-19-9-7-17-25(27)33-35-26-18-8-10-20-28(26)39(33)29-21-11-12-22-30(29)40/h1-15,17-22,24,32,34,38H,16H2,(H,36,37). The zero-order valence-corrected chi connectivity index (χ0v) is 21.9. The summed E-state index contributed by atoms with van der Waals surface area (Å²) in [5, 5.41) is 7.59. The first-order valence-electron chi connectivity index (χ1n) is 13.8. The molecule has 5 aromatic rings. The number of hydrogen-bond donors (Lipinski definition) is 2. The van der Waals surface area contributed by atoms with E-state index in [1.807, 2.05) is 12.1 Å². The minimum atomic E-state index is -0.348. The Bertz CT molecular complexity index is 1820. The zero-order valence-electron chi connectivity index (χ0n) is 21.9. The van der Waals surface area contributed by atoms with E-state index in [2.05, 4.69) is 135 Å². The molecule has 0 saturated carbocycles. The van der Waals surface area contributed by atoms with Crippen molar-refractivity contribution in [2.45, 2.75) is 18.9 Å². The lowest BCUT2D eigenvalue weighted by molar-refractivity contribution is 0.327. The van der Waals surface area contributed by atoms with Gasteiger partial charge in [-0.15, -0.1) is 0 Å². The van der Waals surface area contributed by atoms with Gasteiger partial charge >= 0.3 is 0 Å². The maximum absolute atomic E-state index is 5.32. The molecule has 0 spiro atoms. The summed E-state index contributed by atoms with van der Waals surface area (Å²) in [4.78, 5) is 12.8. The van der Waals surface area contributed by atoms with Crippen LogP contribution >= 0.6 is 0 Å². The summed E-state index contributed by atoms with van der Waals surface area (Å²) in [5.74, 6) is 2.11. The summed E-state index contributed by atoms with van der Waals surface area (Å²) in [6, 6.07) is 35.9. The van der Waals surface area contributed by atoms with Gasteiger partial charge in [-0.3, -0.25) is 9.88 Å². The Kier molecular flexibility index (Phi) is 5.38. The SMILES string of the molecule is C1=CCC(C2NC(c3ccccc3)=NC(N3c4ccccc4-c4nc5ccccc5n4-c4ccccc43)N2)C=C1. The van der Waals surface area contributed by atoms with Gasteiger partial charge in [-0.25, -0.2) is 9.98 Å². The van der Waals surface area contributed by atoms with Gasteiger partial charge in [0.25, 0.3) is 0 Å². The van der Waals surface area contributed by atoms with Crippen molar-refractivity contribution in [1.82, 2.24) is 20.2 Å². The second-order valence-electron chi connectivity index (χ2n) is 10.4. The van der Waals surface area contributed by atoms with Gasteiger partial charge in [0.2, 0.25) is 0 Å². The van der Waals surface area contributed by atoms with Crippen LogP contribution in [0.5, 0.6) is 0 Å². The van der Waals surface area contributed by atoms with Crippen LogP contribution in [0.15, 0.2) is 132 Å². The van der Waals surface area contributed by atoms with Crippen molar-refractivity contribution in [2.24, 2.45) is 10.9 Å². The first kappa shape index (κ1) is 23.0. The number of aromatic nitrogens is 2. The Morgan fingerprint density at radius 1 is 0.725 bits per heavy atom. The van der Waals surface area contributed by atoms with Crippen molar-refractivity contribution in [3.63, 3.8) is 0 Å². The molecule has 3 unspecified atom stereocenters. The number of hydrogen-bond acceptors (Lipinski definition) is 5. The number of benzene rings is 4. The molecule has 4 aromatic carbocycles. The van der Waals surface area contributed by atoms with Crippen molar-refractivity contribution >= 4 is 28.2 Å². The number of fused-ring (bicyclic) bond motifs is 7. The molecule has 0 saturated heterocycles. The van der Waals surface area contributed by atoms with E-state index in [0.29, 0.717) is 5.92 Å². The summed E-state index contributed by atoms with van der Waals surface area (Å²) in [6.45, 7) is 0. The highest BCUT2D eigenvalue weighted by atomic mass is 15.4. The van der Waals surface area contributed by atoms with Gasteiger partial charge < -0.3 is 10.2 Å². The average Bonchev–Trinajstić information content (AvgIpc) is 3.36. The number of allylic oxidation sites excluding steroid dienone is 3. The van der Waals surface area contributed by atoms with Crippen LogP contribution in [0.3, 0.4) is 0 Å². The molecular formula is C34H28N6. The Balaban J connectivity index is 1.35. The maximum Gasteiger partial charge on any atom is 0.184 e. The molecule has 40 heavy (non-hydrogen) atoms. The number of amidine groups is 1. The van der Waals surface area contributed by atoms with Crippen molar-refractivity contribution < 1.29 is 0 Å². The topological polar surface area (TPSA) is 57.5 Å². The molecule has 2 aliphatic heterocycles. The van der Waals surface area contributed by atoms with Crippen LogP contribution in [-0.2, 0) is 0 Å². The molecule has 0 amide bonds. The predicted molar refractivity (Wildman–Crippen MR) is 162 cm³/mol. The van der Waals surface area contributed by atoms with Crippen molar-refractivity contribution in [1.29, 1.82) is 0 Å². The third kappa shape index (κ3) is 3.68. The van der Waals surface area contributed by atoms with E-state index in [-0.39, 0.29) is 12.5 Å². The van der Waals surface area contributed by atoms with Crippen LogP contribution in [0.1, 0.15) is 12.0 Å². The van der Waals surface area contributed by atoms with Crippen molar-refractivity contribution in [2.75, 3.05) is 4.90 Å². The largest absolute Gasteiger partial charge is 0.354 e. The first-order valence-corrected chi connectivity index (χ1v) is 13.8. The minimum Gasteiger partial charge on any atom is -0.354 e. The molecule has 3 aliphatic rings. The van der Waals surface area contributed by atoms with Gasteiger partial charge in [-0.2, -0.15) is 0 Å². The normalized spacial score (nSPS) is 21.1. The number of anilines is 2. The van der Waals surface area contributed by atoms with E-state index in [4.69, 9.17) is 9.98 Å². The van der Waals surface area contributed by atoms with Gasteiger partial charge in [-0.1, -0.05) is 91.0 Å². The van der Waals surface area contributed by atoms with Gasteiger partial charge in [0.15, 0.2) is 6.29 Å². The number of imidazole rings is 1. The van der Waals surface area contributed by atoms with Gasteiger partial charge in [-0.05, 0) is 42.8 Å². The Labute approximate surface area is 233 Å². The van der Waals surface area contributed by atoms with Gasteiger partial charge in [0.05, 0.1) is 34.3 Å². The molecule has 1 aliphatic carbocycles. The van der Waals surface area contributed by atoms with E-state index in [0.717, 1.165) is 57.3 Å². The fraction of sp³-hybridized carbons (Fsp3) is 0.118. The van der Waals surface area contributed by atoms with Crippen molar-refractivity contribution in [3.8, 4) is 17.1 Å². The lowest BCUT2D eigenvalue weighted by Gasteiger charge is -2.41. The van der Waals surface area contributed by atoms with Crippen LogP contribution in [0.4, 0.5) is 11.4 Å². The molecule has 3 atom stereocenters. The highest BCUT2D eigenvalue weighted by Crippen LogP contribution is 2.45. The summed E-state index contributed by atoms with van der Waals surface area (Å²) < 4.78 is 2.29. The van der Waals surface area contributed by atoms with Crippen LogP contribution in [0, 0.1) is 5.92 Å². The summed E-state index contributed by atoms with van der Waals surface area (Å²) in [7, 11) is 0. The van der Waals surface area contributed by atoms with Gasteiger partial charge in [0, 0.05) is 17.0 Å². The fourth-order valence-electron chi connectivity index (χ4n) is 6.08. The molecular weight excluding hydrogens is 492 g/mol. The number of aliphatic imine (C=N–C) groups is 1. The minimum absolute atomic E-state index is 0.000596. The molecule has 0 radical (unpaired) electrons. The van der Waals surface area contributed by atoms with E-state index in [1.165, 1.54) is 0 Å². The lowest BCUT2D eigenvalue weighted by Crippen LogP contribution is -2.61. The van der Waals surface area contributed by atoms with E-state index < -0.39 is 0 Å². The smallest absolute Gasteiger partial charge is 0.184 e. The Morgan fingerprint density at radius 2 is 1.48 bits per heavy atom. The Morgan fingerprint density at radius 3 is 2.33 bits per heavy atom. The number of nitrogens with zero attached hydrogens (tertiary/aromatic N) is 4. The third-order valence-electron chi connectivity index (χ3n) is 7.95. The Hall–Kier alpha value is -4.94. The van der Waals surface area contributed by atoms with Crippen LogP contribution in [-0.4, -0.2) is 27.8 Å². The second-order valence-corrected chi connectivity index (χ2v) is 10.4. The molecule has 6 heteroatoms. The molecule has 0 fully saturated rings. The summed E-state index contributed by atoms with van der Waals surface area (Å²) in [5.41, 5.74) is 7.44. The summed E-state index contributed by atoms with van der Waals surface area (Å²) in [6.07, 6.45) is 9.39. The lowest BCUT2D eigenvalue weighted by atomic mass is 9.96. The van der Waals surface area contributed by atoms with Crippen molar-refractivity contribution in [3.05, 3.63) is 133 Å². The molecule has 0 bridgehead atoms. The maximum atomic E-state index is 5.32. The van der Waals surface area contributed by atoms with E-state index in [9.17, 15) is 0 Å². The molecule has 3 heterocycles. The fourth-order valence-corrected chi connectivity index (χ4v) is 6.08. The number of nitrogens with one attached hydrogen (secondary N) is 2. The number of para-hydroxylation sites is 5. The zero-order chi connectivity index (χ0) is 26.5. The quantitative estimate of drug-likeness (QED) is 0.284. The monoisotopic (exact) mass is 520 g/mol. The molecule has 1 aromatic heterocycles. The summed E-state index contributed by atoms with van der Waals surface area (Å²) >= 11 is 0. The van der Waals surface area contributed by atoms with Gasteiger partial charge in [0.1, 0.15) is 11.7 Å². The highest BCUT2D eigenvalue weighted by molar-refractivity contribution is 6.00. The predicted octanol–water partition coefficient (Wildman–Crippen LogP) is 6.53. The van der Waals surface area contributed by atoms with Crippen LogP contribution in [0.25, 0.3) is 28.1 Å². The van der Waals surface area contributed by atoms with E-state index >= 15 is 0 Å². The van der Waals surface area contributed by atoms with Crippen LogP contribution < -0.4 is 15.5 Å². The second kappa shape index (κ2) is 9.36. The molecule has 194 valence electrons. The average molecular weight is 521 g/mol.